The Kier molecular flexibility index (Phi) is 5.26. The lowest BCUT2D eigenvalue weighted by Gasteiger charge is -2.40. The molecule has 0 heterocycles. The maximum absolute atomic E-state index is 11.8. The van der Waals surface area contributed by atoms with E-state index in [9.17, 15) is 9.90 Å². The van der Waals surface area contributed by atoms with Gasteiger partial charge in [-0.3, -0.25) is 10.1 Å². The Hall–Kier alpha value is -0.570. The van der Waals surface area contributed by atoms with E-state index in [2.05, 4.69) is 12.2 Å². The van der Waals surface area contributed by atoms with E-state index in [0.717, 1.165) is 38.5 Å². The fourth-order valence-corrected chi connectivity index (χ4v) is 3.94. The molecule has 0 radical (unpaired) electrons. The van der Waals surface area contributed by atoms with Gasteiger partial charge in [-0.05, 0) is 31.6 Å². The van der Waals surface area contributed by atoms with Crippen molar-refractivity contribution in [2.45, 2.75) is 89.1 Å². The maximum Gasteiger partial charge on any atom is 0.323 e. The first-order chi connectivity index (χ1) is 9.16. The lowest BCUT2D eigenvalue weighted by molar-refractivity contribution is -0.147. The molecule has 2 atom stereocenters. The van der Waals surface area contributed by atoms with E-state index in [1.807, 2.05) is 0 Å². The van der Waals surface area contributed by atoms with Gasteiger partial charge in [0.25, 0.3) is 0 Å². The van der Waals surface area contributed by atoms with Crippen LogP contribution in [0.3, 0.4) is 0 Å². The van der Waals surface area contributed by atoms with Gasteiger partial charge in [-0.2, -0.15) is 0 Å². The van der Waals surface area contributed by atoms with Crippen LogP contribution in [0.25, 0.3) is 0 Å². The Labute approximate surface area is 117 Å². The van der Waals surface area contributed by atoms with Crippen molar-refractivity contribution < 1.29 is 9.90 Å². The summed E-state index contributed by atoms with van der Waals surface area (Å²) in [5.74, 6) is -0.0296. The van der Waals surface area contributed by atoms with Crippen molar-refractivity contribution in [1.82, 2.24) is 5.32 Å². The third kappa shape index (κ3) is 3.71. The smallest absolute Gasteiger partial charge is 0.323 e. The topological polar surface area (TPSA) is 49.3 Å². The van der Waals surface area contributed by atoms with E-state index in [0.29, 0.717) is 12.0 Å². The molecule has 0 aromatic carbocycles. The normalized spacial score (nSPS) is 33.8. The number of rotatable bonds is 4. The van der Waals surface area contributed by atoms with Crippen molar-refractivity contribution in [3.63, 3.8) is 0 Å². The molecule has 3 heteroatoms. The third-order valence-electron chi connectivity index (χ3n) is 5.18. The fraction of sp³-hybridized carbons (Fsp3) is 0.938. The monoisotopic (exact) mass is 267 g/mol. The van der Waals surface area contributed by atoms with Crippen LogP contribution in [0.4, 0.5) is 0 Å². The van der Waals surface area contributed by atoms with Crippen LogP contribution in [0.1, 0.15) is 77.6 Å². The molecule has 0 bridgehead atoms. The van der Waals surface area contributed by atoms with Crippen molar-refractivity contribution in [1.29, 1.82) is 0 Å². The molecule has 3 nitrogen and oxygen atoms in total. The molecule has 0 spiro atoms. The quantitative estimate of drug-likeness (QED) is 0.763. The van der Waals surface area contributed by atoms with Gasteiger partial charge < -0.3 is 5.11 Å². The summed E-state index contributed by atoms with van der Waals surface area (Å²) in [6.45, 7) is 2.19. The second-order valence-corrected chi connectivity index (χ2v) is 6.59. The molecule has 0 aromatic heterocycles. The molecule has 0 saturated heterocycles. The summed E-state index contributed by atoms with van der Waals surface area (Å²) in [6.07, 6.45) is 12.5. The number of aliphatic carboxylic acids is 1. The van der Waals surface area contributed by atoms with Gasteiger partial charge in [-0.1, -0.05) is 51.9 Å². The average Bonchev–Trinajstić information content (AvgIpc) is 2.67. The molecular weight excluding hydrogens is 238 g/mol. The minimum atomic E-state index is -0.631. The number of hydrogen-bond acceptors (Lipinski definition) is 2. The van der Waals surface area contributed by atoms with Crippen LogP contribution < -0.4 is 5.32 Å². The molecule has 2 aliphatic carbocycles. The molecular formula is C16H29NO2. The molecule has 2 aliphatic rings. The first-order valence-electron chi connectivity index (χ1n) is 8.17. The number of hydrogen-bond donors (Lipinski definition) is 2. The summed E-state index contributed by atoms with van der Waals surface area (Å²) in [5.41, 5.74) is -0.631. The fourth-order valence-electron chi connectivity index (χ4n) is 3.94. The molecule has 2 N–H and O–H groups in total. The number of carboxylic acids is 1. The van der Waals surface area contributed by atoms with Crippen molar-refractivity contribution in [2.75, 3.05) is 0 Å². The standard InChI is InChI=1S/C16H29NO2/c1-2-13-8-7-11-16(12-13,15(18)19)17-14-9-5-3-4-6-10-14/h13-14,17H,2-12H2,1H3,(H,18,19). The van der Waals surface area contributed by atoms with Crippen molar-refractivity contribution >= 4 is 5.97 Å². The van der Waals surface area contributed by atoms with Crippen molar-refractivity contribution in [3.05, 3.63) is 0 Å². The Morgan fingerprint density at radius 2 is 1.84 bits per heavy atom. The van der Waals surface area contributed by atoms with Crippen molar-refractivity contribution in [2.24, 2.45) is 5.92 Å². The third-order valence-corrected chi connectivity index (χ3v) is 5.18. The molecule has 2 rings (SSSR count). The minimum Gasteiger partial charge on any atom is -0.480 e. The van der Waals surface area contributed by atoms with Gasteiger partial charge in [0.2, 0.25) is 0 Å². The lowest BCUT2D eigenvalue weighted by atomic mass is 9.74. The van der Waals surface area contributed by atoms with Crippen LogP contribution >= 0.6 is 0 Å². The summed E-state index contributed by atoms with van der Waals surface area (Å²) in [4.78, 5) is 11.8. The number of carboxylic acid groups (broad SMARTS) is 1. The van der Waals surface area contributed by atoms with Crippen LogP contribution in [-0.4, -0.2) is 22.7 Å². The summed E-state index contributed by atoms with van der Waals surface area (Å²) < 4.78 is 0. The van der Waals surface area contributed by atoms with E-state index < -0.39 is 11.5 Å². The van der Waals surface area contributed by atoms with E-state index in [1.165, 1.54) is 32.1 Å². The summed E-state index contributed by atoms with van der Waals surface area (Å²) >= 11 is 0. The Bertz CT molecular complexity index is 297. The maximum atomic E-state index is 11.8. The van der Waals surface area contributed by atoms with Gasteiger partial charge in [-0.25, -0.2) is 0 Å². The lowest BCUT2D eigenvalue weighted by Crippen LogP contribution is -2.58. The van der Waals surface area contributed by atoms with Gasteiger partial charge in [-0.15, -0.1) is 0 Å². The highest BCUT2D eigenvalue weighted by Gasteiger charge is 2.43. The molecule has 2 fully saturated rings. The largest absolute Gasteiger partial charge is 0.480 e. The second-order valence-electron chi connectivity index (χ2n) is 6.59. The first-order valence-corrected chi connectivity index (χ1v) is 8.17. The minimum absolute atomic E-state index is 0.425. The highest BCUT2D eigenvalue weighted by Crippen LogP contribution is 2.35. The molecule has 110 valence electrons. The highest BCUT2D eigenvalue weighted by molar-refractivity contribution is 5.79. The molecule has 0 aromatic rings. The molecule has 2 saturated carbocycles. The van der Waals surface area contributed by atoms with Gasteiger partial charge >= 0.3 is 5.97 Å². The zero-order chi connectivity index (χ0) is 13.7. The predicted octanol–water partition coefficient (Wildman–Crippen LogP) is 3.72. The zero-order valence-electron chi connectivity index (χ0n) is 12.3. The first kappa shape index (κ1) is 14.8. The Morgan fingerprint density at radius 1 is 1.16 bits per heavy atom. The van der Waals surface area contributed by atoms with Crippen LogP contribution in [0, 0.1) is 5.92 Å². The van der Waals surface area contributed by atoms with Crippen LogP contribution in [0.5, 0.6) is 0 Å². The number of nitrogens with one attached hydrogen (secondary N) is 1. The van der Waals surface area contributed by atoms with E-state index >= 15 is 0 Å². The predicted molar refractivity (Wildman–Crippen MR) is 77.2 cm³/mol. The van der Waals surface area contributed by atoms with E-state index in [4.69, 9.17) is 0 Å². The molecule has 0 aliphatic heterocycles. The highest BCUT2D eigenvalue weighted by atomic mass is 16.4. The average molecular weight is 267 g/mol. The van der Waals surface area contributed by atoms with Crippen LogP contribution in [0.15, 0.2) is 0 Å². The SMILES string of the molecule is CCC1CCCC(NC2CCCCCC2)(C(=O)O)C1. The summed E-state index contributed by atoms with van der Waals surface area (Å²) in [5, 5.41) is 13.3. The van der Waals surface area contributed by atoms with E-state index in [-0.39, 0.29) is 0 Å². The summed E-state index contributed by atoms with van der Waals surface area (Å²) in [7, 11) is 0. The zero-order valence-corrected chi connectivity index (χ0v) is 12.3. The van der Waals surface area contributed by atoms with Crippen LogP contribution in [0.2, 0.25) is 0 Å². The van der Waals surface area contributed by atoms with Gasteiger partial charge in [0.1, 0.15) is 5.54 Å². The van der Waals surface area contributed by atoms with Crippen molar-refractivity contribution in [3.8, 4) is 0 Å². The molecule has 2 unspecified atom stereocenters. The number of carbonyl (C=O) groups is 1. The summed E-state index contributed by atoms with van der Waals surface area (Å²) in [6, 6.07) is 0.425. The Balaban J connectivity index is 2.03. The second kappa shape index (κ2) is 6.74. The van der Waals surface area contributed by atoms with Gasteiger partial charge in [0.05, 0.1) is 0 Å². The Morgan fingerprint density at radius 3 is 2.42 bits per heavy atom. The van der Waals surface area contributed by atoms with Crippen LogP contribution in [-0.2, 0) is 4.79 Å². The van der Waals surface area contributed by atoms with Gasteiger partial charge in [0, 0.05) is 6.04 Å². The van der Waals surface area contributed by atoms with E-state index in [1.54, 1.807) is 0 Å². The van der Waals surface area contributed by atoms with Gasteiger partial charge in [0.15, 0.2) is 0 Å². The molecule has 0 amide bonds. The molecule has 19 heavy (non-hydrogen) atoms.